The fourth-order valence-corrected chi connectivity index (χ4v) is 0.183. The van der Waals surface area contributed by atoms with Crippen molar-refractivity contribution in [1.29, 1.82) is 5.41 Å². The van der Waals surface area contributed by atoms with Gasteiger partial charge in [0.1, 0.15) is 0 Å². The van der Waals surface area contributed by atoms with Gasteiger partial charge in [-0.25, -0.2) is 4.79 Å². The molecule has 0 aromatic rings. The third-order valence-electron chi connectivity index (χ3n) is 1.67. The number of nitrogens with zero attached hydrogens (tertiary/aromatic N) is 2. The van der Waals surface area contributed by atoms with Crippen LogP contribution in [0, 0.1) is 5.41 Å². The molecule has 8 heteroatoms. The lowest BCUT2D eigenvalue weighted by atomic mass is 10.4. The highest BCUT2D eigenvalue weighted by Crippen LogP contribution is 1.89. The molecule has 0 saturated heterocycles. The molecular formula is C14H36I2N4O2. The summed E-state index contributed by atoms with van der Waals surface area (Å²) in [5, 5.41) is 6.28. The molecule has 0 fully saturated rings. The van der Waals surface area contributed by atoms with E-state index in [2.05, 4.69) is 81.7 Å². The first-order chi connectivity index (χ1) is 10.1. The van der Waals surface area contributed by atoms with Crippen molar-refractivity contribution in [3.05, 3.63) is 0 Å². The van der Waals surface area contributed by atoms with E-state index in [1.807, 2.05) is 0 Å². The predicted octanol–water partition coefficient (Wildman–Crippen LogP) is 4.40. The van der Waals surface area contributed by atoms with E-state index in [0.29, 0.717) is 0 Å². The predicted molar refractivity (Wildman–Crippen MR) is 117 cm³/mol. The molecule has 22 heavy (non-hydrogen) atoms. The Hall–Kier alpha value is 0.160. The van der Waals surface area contributed by atoms with Crippen molar-refractivity contribution in [3.8, 4) is 0 Å². The molecule has 0 aromatic heterocycles. The van der Waals surface area contributed by atoms with Gasteiger partial charge in [-0.3, -0.25) is 5.41 Å². The molecule has 0 saturated carbocycles. The third kappa shape index (κ3) is 88.2. The van der Waals surface area contributed by atoms with Gasteiger partial charge >= 0.3 is 6.09 Å². The van der Waals surface area contributed by atoms with Crippen molar-refractivity contribution in [2.24, 2.45) is 5.73 Å². The minimum atomic E-state index is -0.319. The number of nitrogens with one attached hydrogen (secondary N) is 1. The number of rotatable bonds is 2. The second-order valence-electron chi connectivity index (χ2n) is 4.44. The van der Waals surface area contributed by atoms with Crippen LogP contribution >= 0.6 is 37.2 Å². The van der Waals surface area contributed by atoms with Crippen molar-refractivity contribution in [1.82, 2.24) is 9.80 Å². The summed E-state index contributed by atoms with van der Waals surface area (Å²) < 4.78 is 4.30. The van der Waals surface area contributed by atoms with Crippen LogP contribution in [0.4, 0.5) is 4.79 Å². The minimum Gasteiger partial charge on any atom is -0.453 e. The van der Waals surface area contributed by atoms with Gasteiger partial charge in [-0.15, -0.1) is 0 Å². The zero-order chi connectivity index (χ0) is 19.1. The number of hydrogen-bond acceptors (Lipinski definition) is 4. The maximum absolute atomic E-state index is 10.2. The van der Waals surface area contributed by atoms with Crippen LogP contribution < -0.4 is 5.73 Å². The Morgan fingerprint density at radius 1 is 1.09 bits per heavy atom. The summed E-state index contributed by atoms with van der Waals surface area (Å²) in [5.74, 6) is 0.167. The number of amides is 1. The van der Waals surface area contributed by atoms with Gasteiger partial charge < -0.3 is 20.3 Å². The summed E-state index contributed by atoms with van der Waals surface area (Å²) in [6, 6.07) is 0. The molecule has 0 bridgehead atoms. The molecule has 0 radical (unpaired) electrons. The Bertz CT molecular complexity index is 211. The van der Waals surface area contributed by atoms with E-state index in [4.69, 9.17) is 11.1 Å². The van der Waals surface area contributed by atoms with Gasteiger partial charge in [0.2, 0.25) is 0 Å². The van der Waals surface area contributed by atoms with Crippen LogP contribution in [0.5, 0.6) is 0 Å². The van der Waals surface area contributed by atoms with Gasteiger partial charge in [0, 0.05) is 51.3 Å². The lowest BCUT2D eigenvalue weighted by Gasteiger charge is -2.05. The van der Waals surface area contributed by atoms with Crippen LogP contribution in [0.3, 0.4) is 0 Å². The summed E-state index contributed by atoms with van der Waals surface area (Å²) in [6.45, 7) is 9.15. The first-order valence-corrected chi connectivity index (χ1v) is 13.2. The van der Waals surface area contributed by atoms with E-state index >= 15 is 0 Å². The number of methoxy groups -OCH3 is 1. The van der Waals surface area contributed by atoms with Gasteiger partial charge in [0.15, 0.2) is 0 Å². The Morgan fingerprint density at radius 2 is 1.32 bits per heavy atom. The van der Waals surface area contributed by atoms with Gasteiger partial charge in [0.05, 0.1) is 12.9 Å². The molecule has 1 amide bonds. The molecule has 6 nitrogen and oxygen atoms in total. The van der Waals surface area contributed by atoms with E-state index in [9.17, 15) is 4.79 Å². The van der Waals surface area contributed by atoms with Crippen molar-refractivity contribution in [3.63, 3.8) is 0 Å². The van der Waals surface area contributed by atoms with E-state index in [1.54, 1.807) is 14.1 Å². The third-order valence-corrected chi connectivity index (χ3v) is 1.67. The highest BCUT2D eigenvalue weighted by molar-refractivity contribution is 15.0. The van der Waals surface area contributed by atoms with Crippen molar-refractivity contribution in [2.75, 3.05) is 41.8 Å². The Balaban J connectivity index is -0.0000000577. The second-order valence-corrected chi connectivity index (χ2v) is 4.44. The van der Waals surface area contributed by atoms with E-state index < -0.39 is 0 Å². The normalized spacial score (nSPS) is 7.45. The number of carbonyl (C=O) groups excluding carboxylic acids is 1. The molecule has 0 aliphatic rings. The second kappa shape index (κ2) is 32.9. The fraction of sp³-hybridized carbons (Fsp3) is 0.857. The number of ether oxygens (including phenoxy) is 1. The van der Waals surface area contributed by atoms with Crippen LogP contribution in [-0.2, 0) is 4.74 Å². The maximum Gasteiger partial charge on any atom is 0.408 e. The first-order valence-electron chi connectivity index (χ1n) is 6.95. The minimum absolute atomic E-state index is 0.167. The maximum atomic E-state index is 10.2. The largest absolute Gasteiger partial charge is 0.453 e. The summed E-state index contributed by atoms with van der Waals surface area (Å²) in [7, 11) is 8.72. The highest BCUT2D eigenvalue weighted by atomic mass is 128. The number of amidine groups is 1. The summed E-state index contributed by atoms with van der Waals surface area (Å²) in [6.07, 6.45) is 2.32. The summed E-state index contributed by atoms with van der Waals surface area (Å²) in [5.41, 5.74) is 4.69. The molecule has 0 heterocycles. The molecule has 0 aliphatic carbocycles. The van der Waals surface area contributed by atoms with Crippen LogP contribution in [0.15, 0.2) is 0 Å². The van der Waals surface area contributed by atoms with Crippen molar-refractivity contribution >= 4 is 49.2 Å². The number of nitrogens with two attached hydrogens (primary N) is 1. The number of halogens is 2. The molecule has 0 atom stereocenters. The van der Waals surface area contributed by atoms with Crippen LogP contribution in [0.2, 0.25) is 0 Å². The van der Waals surface area contributed by atoms with Crippen LogP contribution in [0.1, 0.15) is 40.5 Å². The lowest BCUT2D eigenvalue weighted by Crippen LogP contribution is -2.20. The smallest absolute Gasteiger partial charge is 0.408 e. The Morgan fingerprint density at radius 3 is 1.32 bits per heavy atom. The SMILES string of the molecule is CC(=N)N.CCCC.CCN(C)C.COC(=O)N(C)C.II. The zero-order valence-corrected chi connectivity index (χ0v) is 20.0. The molecule has 0 spiro atoms. The number of carbonyl (C=O) groups is 1. The molecule has 138 valence electrons. The average molecular weight is 546 g/mol. The molecular weight excluding hydrogens is 510 g/mol. The zero-order valence-electron chi connectivity index (χ0n) is 15.7. The van der Waals surface area contributed by atoms with E-state index in [1.165, 1.54) is 31.8 Å². The van der Waals surface area contributed by atoms with E-state index in [-0.39, 0.29) is 11.9 Å². The molecule has 0 rings (SSSR count). The molecule has 0 unspecified atom stereocenters. The summed E-state index contributed by atoms with van der Waals surface area (Å²) >= 11 is 4.24. The Kier molecular flexibility index (Phi) is 50.4. The summed E-state index contributed by atoms with van der Waals surface area (Å²) in [4.78, 5) is 13.7. The topological polar surface area (TPSA) is 82.6 Å². The van der Waals surface area contributed by atoms with E-state index in [0.717, 1.165) is 6.54 Å². The monoisotopic (exact) mass is 546 g/mol. The van der Waals surface area contributed by atoms with Gasteiger partial charge in [-0.1, -0.05) is 33.6 Å². The fourth-order valence-electron chi connectivity index (χ4n) is 0.183. The van der Waals surface area contributed by atoms with Crippen molar-refractivity contribution in [2.45, 2.75) is 40.5 Å². The van der Waals surface area contributed by atoms with Gasteiger partial charge in [-0.2, -0.15) is 0 Å². The van der Waals surface area contributed by atoms with Crippen molar-refractivity contribution < 1.29 is 9.53 Å². The highest BCUT2D eigenvalue weighted by Gasteiger charge is 1.97. The molecule has 0 aromatic carbocycles. The number of unbranched alkanes of at least 4 members (excludes halogenated alkanes) is 1. The van der Waals surface area contributed by atoms with Gasteiger partial charge in [0.25, 0.3) is 0 Å². The lowest BCUT2D eigenvalue weighted by molar-refractivity contribution is 0.141. The van der Waals surface area contributed by atoms with Crippen LogP contribution in [0.25, 0.3) is 0 Å². The molecule has 0 aliphatic heterocycles. The number of hydrogen-bond donors (Lipinski definition) is 2. The van der Waals surface area contributed by atoms with Gasteiger partial charge in [-0.05, 0) is 27.6 Å². The average Bonchev–Trinajstić information content (AvgIpc) is 2.48. The first kappa shape index (κ1) is 33.7. The standard InChI is InChI=1S/C4H9NO2.C4H11N.C4H10.C2H6N2.I2/c1-5(2)4(6)7-3;1-4-5(2)3;1-3-4-2;1-2(3)4;1-2/h1-3H3;4H2,1-3H3;3-4H2,1-2H3;1H3,(H3,3,4);. The van der Waals surface area contributed by atoms with Crippen LogP contribution in [-0.4, -0.2) is 63.6 Å². The molecule has 3 N–H and O–H groups in total. The Labute approximate surface area is 161 Å². The quantitative estimate of drug-likeness (QED) is 0.306.